The first kappa shape index (κ1) is 41.9. The van der Waals surface area contributed by atoms with E-state index in [1.54, 1.807) is 0 Å². The van der Waals surface area contributed by atoms with Gasteiger partial charge in [0.15, 0.2) is 87.3 Å². The molecule has 0 aliphatic carbocycles. The lowest BCUT2D eigenvalue weighted by atomic mass is 9.81. The fourth-order valence-corrected chi connectivity index (χ4v) is 7.59. The van der Waals surface area contributed by atoms with E-state index >= 15 is 39.5 Å². The Morgan fingerprint density at radius 2 is 0.484 bits per heavy atom. The largest absolute Gasteiger partial charge is 0.205 e. The van der Waals surface area contributed by atoms with Gasteiger partial charge in [0.2, 0.25) is 17.5 Å². The number of hydrogen-bond acceptors (Lipinski definition) is 0. The van der Waals surface area contributed by atoms with Crippen molar-refractivity contribution in [1.82, 2.24) is 0 Å². The zero-order valence-electron chi connectivity index (χ0n) is 29.9. The SMILES string of the molecule is C=C(C)c1c(F)c(F)c(F)c(-c2cc(-c3c(F)c(F)c(F)c(F)c3F)c3ccc4c(-c5c(F)c(F)c(F)c(F)c5F)cc(-c5c(F)c(F)c(F)c(F)c5F)c5ccc2c3c45)c1F. The summed E-state index contributed by atoms with van der Waals surface area (Å²) < 4.78 is 288. The highest BCUT2D eigenvalue weighted by molar-refractivity contribution is 6.32. The van der Waals surface area contributed by atoms with Crippen LogP contribution in [0.3, 0.4) is 0 Å². The van der Waals surface area contributed by atoms with Crippen LogP contribution in [0.1, 0.15) is 12.5 Å². The molecule has 0 heterocycles. The molecule has 0 saturated carbocycles. The molecular weight excluding hydrogens is 877 g/mol. The summed E-state index contributed by atoms with van der Waals surface area (Å²) >= 11 is 0. The Bertz CT molecular complexity index is 3190. The van der Waals surface area contributed by atoms with Gasteiger partial charge in [-0.15, -0.1) is 0 Å². The summed E-state index contributed by atoms with van der Waals surface area (Å²) in [6.07, 6.45) is 0. The predicted molar refractivity (Wildman–Crippen MR) is 186 cm³/mol. The van der Waals surface area contributed by atoms with Crippen molar-refractivity contribution in [3.63, 3.8) is 0 Å². The fourth-order valence-electron chi connectivity index (χ4n) is 7.59. The Morgan fingerprint density at radius 3 is 0.710 bits per heavy atom. The molecule has 0 amide bonds. The first-order chi connectivity index (χ1) is 29.1. The summed E-state index contributed by atoms with van der Waals surface area (Å²) in [5, 5.41) is -4.98. The Hall–Kier alpha value is -6.79. The van der Waals surface area contributed by atoms with Crippen LogP contribution in [0.4, 0.5) is 83.4 Å². The lowest BCUT2D eigenvalue weighted by Crippen LogP contribution is -2.08. The van der Waals surface area contributed by atoms with Gasteiger partial charge in [0.25, 0.3) is 0 Å². The quantitative estimate of drug-likeness (QED) is 0.0699. The summed E-state index contributed by atoms with van der Waals surface area (Å²) in [4.78, 5) is 0. The molecule has 0 aliphatic heterocycles. The molecule has 0 fully saturated rings. The van der Waals surface area contributed by atoms with Crippen molar-refractivity contribution < 1.29 is 83.4 Å². The van der Waals surface area contributed by atoms with Gasteiger partial charge in [0.05, 0.1) is 27.8 Å². The molecule has 19 heteroatoms. The Kier molecular flexibility index (Phi) is 9.56. The van der Waals surface area contributed by atoms with E-state index in [9.17, 15) is 43.9 Å². The van der Waals surface area contributed by atoms with Crippen molar-refractivity contribution in [3.05, 3.63) is 159 Å². The van der Waals surface area contributed by atoms with Crippen LogP contribution in [0, 0.1) is 111 Å². The molecule has 0 saturated heterocycles. The van der Waals surface area contributed by atoms with Crippen LogP contribution in [-0.2, 0) is 0 Å². The molecule has 62 heavy (non-hydrogen) atoms. The van der Waals surface area contributed by atoms with E-state index in [1.807, 2.05) is 0 Å². The van der Waals surface area contributed by atoms with E-state index in [-0.39, 0.29) is 6.07 Å². The number of benzene rings is 8. The molecule has 0 nitrogen and oxygen atoms in total. The van der Waals surface area contributed by atoms with E-state index in [2.05, 4.69) is 6.58 Å². The summed E-state index contributed by atoms with van der Waals surface area (Å²) in [6, 6.07) is 3.26. The average Bonchev–Trinajstić information content (AvgIpc) is 3.24. The van der Waals surface area contributed by atoms with Crippen molar-refractivity contribution in [3.8, 4) is 44.5 Å². The van der Waals surface area contributed by atoms with Crippen molar-refractivity contribution in [2.45, 2.75) is 6.92 Å². The molecule has 8 aromatic rings. The van der Waals surface area contributed by atoms with Crippen LogP contribution < -0.4 is 0 Å². The minimum atomic E-state index is -2.73. The second kappa shape index (κ2) is 14.1. The molecular formula is C43H11F19. The second-order valence-electron chi connectivity index (χ2n) is 13.6. The number of halogens is 19. The molecule has 0 N–H and O–H groups in total. The topological polar surface area (TPSA) is 0 Å². The molecule has 0 spiro atoms. The average molecular weight is 889 g/mol. The van der Waals surface area contributed by atoms with Gasteiger partial charge < -0.3 is 0 Å². The lowest BCUT2D eigenvalue weighted by Gasteiger charge is -2.23. The first-order valence-electron chi connectivity index (χ1n) is 16.9. The van der Waals surface area contributed by atoms with Gasteiger partial charge in [0.1, 0.15) is 5.82 Å². The van der Waals surface area contributed by atoms with Crippen molar-refractivity contribution in [2.24, 2.45) is 0 Å². The number of rotatable bonds is 5. The lowest BCUT2D eigenvalue weighted by molar-refractivity contribution is 0.381. The highest BCUT2D eigenvalue weighted by Crippen LogP contribution is 2.52. The summed E-state index contributed by atoms with van der Waals surface area (Å²) in [7, 11) is 0. The maximum absolute atomic E-state index is 16.4. The maximum atomic E-state index is 16.4. The molecule has 0 radical (unpaired) electrons. The highest BCUT2D eigenvalue weighted by Gasteiger charge is 2.35. The van der Waals surface area contributed by atoms with Gasteiger partial charge in [-0.2, -0.15) is 0 Å². The van der Waals surface area contributed by atoms with Gasteiger partial charge in [-0.3, -0.25) is 0 Å². The predicted octanol–water partition coefficient (Wildman–Crippen LogP) is 14.9. The van der Waals surface area contributed by atoms with Gasteiger partial charge in [-0.05, 0) is 79.2 Å². The summed E-state index contributed by atoms with van der Waals surface area (Å²) in [5.74, 6) is -48.7. The first-order valence-corrected chi connectivity index (χ1v) is 16.9. The number of allylic oxidation sites excluding steroid dienone is 1. The molecule has 0 unspecified atom stereocenters. The zero-order chi connectivity index (χ0) is 45.4. The molecule has 0 bridgehead atoms. The molecule has 316 valence electrons. The van der Waals surface area contributed by atoms with Gasteiger partial charge >= 0.3 is 0 Å². The third-order valence-corrected chi connectivity index (χ3v) is 10.3. The summed E-state index contributed by atoms with van der Waals surface area (Å²) in [6.45, 7) is 4.19. The smallest absolute Gasteiger partial charge is 0.200 e. The van der Waals surface area contributed by atoms with E-state index in [0.29, 0.717) is 30.3 Å². The van der Waals surface area contributed by atoms with Crippen LogP contribution in [0.2, 0.25) is 0 Å². The van der Waals surface area contributed by atoms with Crippen LogP contribution in [0.5, 0.6) is 0 Å². The molecule has 8 rings (SSSR count). The molecule has 0 atom stereocenters. The minimum Gasteiger partial charge on any atom is -0.205 e. The maximum Gasteiger partial charge on any atom is 0.200 e. The second-order valence-corrected chi connectivity index (χ2v) is 13.6. The van der Waals surface area contributed by atoms with Crippen molar-refractivity contribution in [2.75, 3.05) is 0 Å². The van der Waals surface area contributed by atoms with E-state index in [1.165, 1.54) is 0 Å². The highest BCUT2D eigenvalue weighted by atomic mass is 19.2. The third kappa shape index (κ3) is 5.45. The normalized spacial score (nSPS) is 11.9. The standard InChI is InChI=1S/C43H11F19/c1-9(2)18-25(44)21(27(46)34(53)26(18)45)14-7-15(22-28(47)35(54)41(60)36(55)29(22)48)11-5-6-13-17(24-32(51)39(58)43(62)40(59)33(24)52)8-16(12-4-3-10(14)19(11)20(12)13)23-30(49)37(56)42(61)38(57)31(23)50/h3-8H,1H2,2H3. The van der Waals surface area contributed by atoms with Gasteiger partial charge in [-0.1, -0.05) is 30.8 Å². The van der Waals surface area contributed by atoms with Crippen LogP contribution >= 0.6 is 0 Å². The molecule has 0 aliphatic rings. The van der Waals surface area contributed by atoms with E-state index < -0.39 is 198 Å². The van der Waals surface area contributed by atoms with Crippen LogP contribution in [0.25, 0.3) is 82.4 Å². The van der Waals surface area contributed by atoms with Gasteiger partial charge in [0, 0.05) is 0 Å². The minimum absolute atomic E-state index is 0.234. The van der Waals surface area contributed by atoms with Crippen molar-refractivity contribution in [1.29, 1.82) is 0 Å². The van der Waals surface area contributed by atoms with Crippen LogP contribution in [0.15, 0.2) is 43.0 Å². The Balaban J connectivity index is 1.72. The monoisotopic (exact) mass is 888 g/mol. The third-order valence-electron chi connectivity index (χ3n) is 10.3. The molecule has 0 aromatic heterocycles. The Morgan fingerprint density at radius 1 is 0.290 bits per heavy atom. The van der Waals surface area contributed by atoms with E-state index in [4.69, 9.17) is 0 Å². The van der Waals surface area contributed by atoms with E-state index in [0.717, 1.165) is 6.92 Å². The van der Waals surface area contributed by atoms with Gasteiger partial charge in [-0.25, -0.2) is 83.4 Å². The number of hydrogen-bond donors (Lipinski definition) is 0. The molecule has 8 aromatic carbocycles. The van der Waals surface area contributed by atoms with Crippen LogP contribution in [-0.4, -0.2) is 0 Å². The van der Waals surface area contributed by atoms with Crippen molar-refractivity contribution >= 4 is 37.9 Å². The zero-order valence-corrected chi connectivity index (χ0v) is 29.9. The fraction of sp³-hybridized carbons (Fsp3) is 0.0233. The summed E-state index contributed by atoms with van der Waals surface area (Å²) in [5.41, 5.74) is -14.3. The Labute approximate surface area is 331 Å².